The van der Waals surface area contributed by atoms with Crippen molar-refractivity contribution >= 4 is 23.3 Å². The fourth-order valence-electron chi connectivity index (χ4n) is 4.96. The van der Waals surface area contributed by atoms with E-state index in [1.165, 1.54) is 35.3 Å². The number of fused-ring (bicyclic) bond motifs is 1. The van der Waals surface area contributed by atoms with Crippen LogP contribution in [0.3, 0.4) is 0 Å². The van der Waals surface area contributed by atoms with Crippen LogP contribution in [-0.2, 0) is 4.74 Å². The third-order valence-corrected chi connectivity index (χ3v) is 6.45. The van der Waals surface area contributed by atoms with Crippen molar-refractivity contribution in [2.45, 2.75) is 52.0 Å². The van der Waals surface area contributed by atoms with E-state index in [0.29, 0.717) is 5.92 Å². The molecular weight excluding hydrogens is 370 g/mol. The Balaban J connectivity index is 1.51. The number of nitrogens with zero attached hydrogens (tertiary/aromatic N) is 3. The van der Waals surface area contributed by atoms with Crippen molar-refractivity contribution in [1.29, 1.82) is 0 Å². The summed E-state index contributed by atoms with van der Waals surface area (Å²) in [6.45, 7) is 14.0. The van der Waals surface area contributed by atoms with Crippen LogP contribution in [0.5, 0.6) is 0 Å². The Morgan fingerprint density at radius 2 is 1.83 bits per heavy atom. The molecule has 0 amide bonds. The molecule has 4 heteroatoms. The zero-order valence-electron chi connectivity index (χ0n) is 18.9. The van der Waals surface area contributed by atoms with Gasteiger partial charge in [-0.05, 0) is 80.1 Å². The van der Waals surface area contributed by atoms with E-state index in [4.69, 9.17) is 9.73 Å². The average Bonchev–Trinajstić information content (AvgIpc) is 2.76. The van der Waals surface area contributed by atoms with Crippen LogP contribution in [0, 0.1) is 0 Å². The number of ether oxygens (including phenoxy) is 1. The zero-order valence-corrected chi connectivity index (χ0v) is 18.9. The summed E-state index contributed by atoms with van der Waals surface area (Å²) in [5, 5.41) is 0. The standard InChI is InChI=1S/C26H35N3O/c1-5-12-29-25-11-6-21(17-24(25)20(2)18-26(29,3)4)19-27-22-7-9-23(10-8-22)28-13-15-30-16-14-28/h6-11,17,19-20H,5,12-16,18H2,1-4H3. The molecule has 2 aliphatic heterocycles. The molecule has 0 aromatic heterocycles. The summed E-state index contributed by atoms with van der Waals surface area (Å²) in [5.74, 6) is 0.560. The Morgan fingerprint density at radius 1 is 1.10 bits per heavy atom. The van der Waals surface area contributed by atoms with Crippen molar-refractivity contribution in [2.24, 2.45) is 4.99 Å². The second-order valence-electron chi connectivity index (χ2n) is 9.26. The minimum atomic E-state index is 0.209. The fourth-order valence-corrected chi connectivity index (χ4v) is 4.96. The smallest absolute Gasteiger partial charge is 0.0642 e. The van der Waals surface area contributed by atoms with Gasteiger partial charge in [0.2, 0.25) is 0 Å². The van der Waals surface area contributed by atoms with E-state index in [0.717, 1.165) is 38.5 Å². The molecule has 4 rings (SSSR count). The normalized spacial score (nSPS) is 21.1. The molecule has 160 valence electrons. The topological polar surface area (TPSA) is 28.1 Å². The van der Waals surface area contributed by atoms with E-state index in [-0.39, 0.29) is 5.54 Å². The third-order valence-electron chi connectivity index (χ3n) is 6.45. The van der Waals surface area contributed by atoms with Gasteiger partial charge in [-0.1, -0.05) is 19.9 Å². The SMILES string of the molecule is CCCN1c2ccc(C=Nc3ccc(N4CCOCC4)cc3)cc2C(C)CC1(C)C. The Kier molecular flexibility index (Phi) is 6.14. The lowest BCUT2D eigenvalue weighted by Crippen LogP contribution is -2.48. The van der Waals surface area contributed by atoms with Gasteiger partial charge in [0.1, 0.15) is 0 Å². The molecule has 1 saturated heterocycles. The van der Waals surface area contributed by atoms with Crippen LogP contribution in [0.1, 0.15) is 57.6 Å². The lowest BCUT2D eigenvalue weighted by atomic mass is 9.79. The molecule has 4 nitrogen and oxygen atoms in total. The maximum absolute atomic E-state index is 5.44. The minimum Gasteiger partial charge on any atom is -0.378 e. The summed E-state index contributed by atoms with van der Waals surface area (Å²) in [5.41, 5.74) is 6.47. The number of hydrogen-bond donors (Lipinski definition) is 0. The Hall–Kier alpha value is -2.33. The van der Waals surface area contributed by atoms with Crippen LogP contribution >= 0.6 is 0 Å². The van der Waals surface area contributed by atoms with E-state index in [1.807, 2.05) is 6.21 Å². The van der Waals surface area contributed by atoms with Gasteiger partial charge in [-0.15, -0.1) is 0 Å². The van der Waals surface area contributed by atoms with Crippen LogP contribution in [0.4, 0.5) is 17.1 Å². The highest BCUT2D eigenvalue weighted by Gasteiger charge is 2.35. The maximum Gasteiger partial charge on any atom is 0.0642 e. The molecule has 30 heavy (non-hydrogen) atoms. The van der Waals surface area contributed by atoms with Crippen LogP contribution < -0.4 is 9.80 Å². The van der Waals surface area contributed by atoms with Crippen LogP contribution in [0.15, 0.2) is 47.5 Å². The highest BCUT2D eigenvalue weighted by molar-refractivity contribution is 5.84. The summed E-state index contributed by atoms with van der Waals surface area (Å²) in [6.07, 6.45) is 4.35. The van der Waals surface area contributed by atoms with Gasteiger partial charge in [-0.3, -0.25) is 4.99 Å². The summed E-state index contributed by atoms with van der Waals surface area (Å²) in [6, 6.07) is 15.4. The van der Waals surface area contributed by atoms with Crippen molar-refractivity contribution in [1.82, 2.24) is 0 Å². The molecule has 0 saturated carbocycles. The highest BCUT2D eigenvalue weighted by atomic mass is 16.5. The summed E-state index contributed by atoms with van der Waals surface area (Å²) in [7, 11) is 0. The van der Waals surface area contributed by atoms with Gasteiger partial charge in [-0.25, -0.2) is 0 Å². The number of aliphatic imine (C=N–C) groups is 1. The van der Waals surface area contributed by atoms with Gasteiger partial charge in [0, 0.05) is 42.8 Å². The van der Waals surface area contributed by atoms with Gasteiger partial charge < -0.3 is 14.5 Å². The van der Waals surface area contributed by atoms with Crippen LogP contribution in [-0.4, -0.2) is 44.6 Å². The molecule has 0 bridgehead atoms. The number of hydrogen-bond acceptors (Lipinski definition) is 4. The molecule has 2 aromatic rings. The Morgan fingerprint density at radius 3 is 2.53 bits per heavy atom. The summed E-state index contributed by atoms with van der Waals surface area (Å²) in [4.78, 5) is 9.70. The van der Waals surface area contributed by atoms with Gasteiger partial charge >= 0.3 is 0 Å². The molecule has 1 atom stereocenters. The first kappa shape index (κ1) is 20.9. The lowest BCUT2D eigenvalue weighted by molar-refractivity contribution is 0.122. The first-order valence-corrected chi connectivity index (χ1v) is 11.4. The second-order valence-corrected chi connectivity index (χ2v) is 9.26. The van der Waals surface area contributed by atoms with Gasteiger partial charge in [-0.2, -0.15) is 0 Å². The van der Waals surface area contributed by atoms with Gasteiger partial charge in [0.25, 0.3) is 0 Å². The second kappa shape index (κ2) is 8.81. The summed E-state index contributed by atoms with van der Waals surface area (Å²) >= 11 is 0. The monoisotopic (exact) mass is 405 g/mol. The van der Waals surface area contributed by atoms with Crippen molar-refractivity contribution in [2.75, 3.05) is 42.6 Å². The number of anilines is 2. The molecule has 1 unspecified atom stereocenters. The third kappa shape index (κ3) is 4.39. The quantitative estimate of drug-likeness (QED) is 0.591. The summed E-state index contributed by atoms with van der Waals surface area (Å²) < 4.78 is 5.44. The van der Waals surface area contributed by atoms with E-state index in [2.05, 4.69) is 80.0 Å². The molecule has 0 spiro atoms. The van der Waals surface area contributed by atoms with E-state index < -0.39 is 0 Å². The van der Waals surface area contributed by atoms with E-state index in [1.54, 1.807) is 0 Å². The molecule has 2 aliphatic rings. The van der Waals surface area contributed by atoms with E-state index >= 15 is 0 Å². The maximum atomic E-state index is 5.44. The van der Waals surface area contributed by atoms with Crippen LogP contribution in [0.2, 0.25) is 0 Å². The fraction of sp³-hybridized carbons (Fsp3) is 0.500. The average molecular weight is 406 g/mol. The first-order valence-electron chi connectivity index (χ1n) is 11.4. The molecule has 0 N–H and O–H groups in total. The molecule has 0 radical (unpaired) electrons. The van der Waals surface area contributed by atoms with Crippen molar-refractivity contribution < 1.29 is 4.74 Å². The van der Waals surface area contributed by atoms with Crippen molar-refractivity contribution in [3.63, 3.8) is 0 Å². The largest absolute Gasteiger partial charge is 0.378 e. The van der Waals surface area contributed by atoms with Crippen molar-refractivity contribution in [3.05, 3.63) is 53.6 Å². The van der Waals surface area contributed by atoms with E-state index in [9.17, 15) is 0 Å². The Bertz CT molecular complexity index is 882. The molecule has 2 heterocycles. The highest BCUT2D eigenvalue weighted by Crippen LogP contribution is 2.43. The molecule has 2 aromatic carbocycles. The van der Waals surface area contributed by atoms with Crippen LogP contribution in [0.25, 0.3) is 0 Å². The van der Waals surface area contributed by atoms with Gasteiger partial charge in [0.15, 0.2) is 0 Å². The lowest BCUT2D eigenvalue weighted by Gasteiger charge is -2.47. The number of morpholine rings is 1. The first-order chi connectivity index (χ1) is 14.5. The molecule has 1 fully saturated rings. The predicted molar refractivity (Wildman–Crippen MR) is 128 cm³/mol. The predicted octanol–water partition coefficient (Wildman–Crippen LogP) is 5.78. The van der Waals surface area contributed by atoms with Gasteiger partial charge in [0.05, 0.1) is 18.9 Å². The Labute approximate surface area is 181 Å². The number of benzene rings is 2. The minimum absolute atomic E-state index is 0.209. The zero-order chi connectivity index (χ0) is 21.1. The molecular formula is C26H35N3O. The molecule has 0 aliphatic carbocycles. The van der Waals surface area contributed by atoms with Crippen molar-refractivity contribution in [3.8, 4) is 0 Å². The number of rotatable bonds is 5.